The van der Waals surface area contributed by atoms with Crippen LogP contribution in [0.15, 0.2) is 67.8 Å². The number of rotatable bonds is 30. The van der Waals surface area contributed by atoms with Gasteiger partial charge in [-0.1, -0.05) is 53.5 Å². The zero-order chi connectivity index (χ0) is 75.8. The second-order valence-corrected chi connectivity index (χ2v) is 29.9. The van der Waals surface area contributed by atoms with E-state index in [0.29, 0.717) is 69.2 Å². The van der Waals surface area contributed by atoms with Crippen LogP contribution >= 0.6 is 7.82 Å². The van der Waals surface area contributed by atoms with Crippen molar-refractivity contribution in [3.8, 4) is 0 Å². The van der Waals surface area contributed by atoms with E-state index >= 15 is 0 Å². The molecule has 0 spiro atoms. The molecule has 571 valence electrons. The van der Waals surface area contributed by atoms with Crippen molar-refractivity contribution in [2.75, 3.05) is 19.7 Å². The molecule has 2 saturated heterocycles. The number of hydrogen-bond acceptors (Lipinski definition) is 21. The van der Waals surface area contributed by atoms with Crippen LogP contribution in [0.2, 0.25) is 0 Å². The summed E-state index contributed by atoms with van der Waals surface area (Å²) < 4.78 is 38.2. The molecule has 7 heterocycles. The molecule has 6 aliphatic rings. The summed E-state index contributed by atoms with van der Waals surface area (Å²) in [6.45, 7) is 27.8. The van der Waals surface area contributed by atoms with E-state index in [1.807, 2.05) is 73.6 Å². The Bertz CT molecular complexity index is 3820. The van der Waals surface area contributed by atoms with Crippen LogP contribution in [0.25, 0.3) is 16.4 Å². The molecule has 1 radical (unpaired) electrons. The number of aliphatic hydroxyl groups excluding tert-OH is 1. The molecule has 15 atom stereocenters. The predicted octanol–water partition coefficient (Wildman–Crippen LogP) is 1.95. The third kappa shape index (κ3) is 19.8. The summed E-state index contributed by atoms with van der Waals surface area (Å²) in [5.74, 6) is -7.52. The van der Waals surface area contributed by atoms with Gasteiger partial charge in [0.05, 0.1) is 23.5 Å². The third-order valence-corrected chi connectivity index (χ3v) is 22.5. The van der Waals surface area contributed by atoms with Gasteiger partial charge in [-0.3, -0.25) is 60.2 Å². The van der Waals surface area contributed by atoms with E-state index in [1.165, 1.54) is 17.8 Å². The Kier molecular flexibility index (Phi) is 33.3. The number of aromatic nitrogens is 2. The fourth-order valence-electron chi connectivity index (χ4n) is 15.8. The molecule has 6 aliphatic heterocycles. The largest absolute Gasteiger partial charge is 2.00 e. The molecule has 1 aromatic carbocycles. The number of benzene rings is 1. The summed E-state index contributed by atoms with van der Waals surface area (Å²) in [7, 11) is -2.68. The molecule has 2 fully saturated rings. The van der Waals surface area contributed by atoms with Crippen molar-refractivity contribution < 1.29 is 140 Å². The number of nitrogens with one attached hydrogen (secondary N) is 2. The summed E-state index contributed by atoms with van der Waals surface area (Å²) in [5, 5.41) is 29.1. The predicted molar refractivity (Wildman–Crippen MR) is 379 cm³/mol. The molecule has 31 nitrogen and oxygen atoms in total. The van der Waals surface area contributed by atoms with Crippen LogP contribution in [0.5, 0.6) is 0 Å². The van der Waals surface area contributed by atoms with Crippen LogP contribution in [0, 0.1) is 92.4 Å². The monoisotopic (exact) mass is 1540 g/mol. The number of aliphatic imine (C=N–C) groups is 3. The maximum absolute atomic E-state index is 14.5. The number of carbonyl (C=O) groups is 8. The molecule has 0 aliphatic carbocycles. The summed E-state index contributed by atoms with van der Waals surface area (Å²) >= 11 is 0. The van der Waals surface area contributed by atoms with Gasteiger partial charge >= 0.3 is 74.3 Å². The molecule has 104 heavy (non-hydrogen) atoms. The van der Waals surface area contributed by atoms with Crippen LogP contribution in [-0.4, -0.2) is 135 Å². The number of aliphatic hydroxyl groups is 1. The van der Waals surface area contributed by atoms with Crippen molar-refractivity contribution >= 4 is 83.4 Å². The Morgan fingerprint density at radius 1 is 0.808 bits per heavy atom. The van der Waals surface area contributed by atoms with E-state index in [9.17, 15) is 52.9 Å². The van der Waals surface area contributed by atoms with Crippen molar-refractivity contribution in [1.82, 2.24) is 20.2 Å². The van der Waals surface area contributed by atoms with Gasteiger partial charge in [-0.25, -0.2) is 9.78 Å². The molecule has 1 unspecified atom stereocenters. The Morgan fingerprint density at radius 3 is 1.95 bits per heavy atom. The second-order valence-electron chi connectivity index (χ2n) is 28.5. The number of phosphoric ester groups is 1. The van der Waals surface area contributed by atoms with Crippen molar-refractivity contribution in [3.05, 3.63) is 97.2 Å². The number of amides is 8. The molecular formula is C70H103CoKN16O15P-3. The third-order valence-electron chi connectivity index (χ3n) is 21.4. The number of alkyl carbamates (subject to hydrolysis) is 1. The fourth-order valence-corrected chi connectivity index (χ4v) is 17.0. The minimum absolute atomic E-state index is 0. The normalized spacial score (nSPS) is 28.5. The molecular weight excluding hydrogens is 1430 g/mol. The van der Waals surface area contributed by atoms with Crippen LogP contribution in [0.1, 0.15) is 163 Å². The van der Waals surface area contributed by atoms with E-state index in [0.717, 1.165) is 11.1 Å². The quantitative estimate of drug-likeness (QED) is 0.0231. The molecule has 17 N–H and O–H groups in total. The van der Waals surface area contributed by atoms with Gasteiger partial charge in [-0.05, 0) is 118 Å². The zero-order valence-electron chi connectivity index (χ0n) is 61.9. The first-order chi connectivity index (χ1) is 47.2. The number of carbonyl (C=O) groups excluding carboxylic acids is 8. The zero-order valence-corrected chi connectivity index (χ0v) is 67.0. The first-order valence-electron chi connectivity index (χ1n) is 33.6. The van der Waals surface area contributed by atoms with Gasteiger partial charge in [0.25, 0.3) is 7.82 Å². The second kappa shape index (κ2) is 37.6. The van der Waals surface area contributed by atoms with E-state index in [2.05, 4.69) is 35.3 Å². The molecule has 2 aromatic rings. The number of allylic oxidation sites excluding steroid dienone is 6. The summed E-state index contributed by atoms with van der Waals surface area (Å²) in [6, 6.07) is 2.62. The van der Waals surface area contributed by atoms with Crippen molar-refractivity contribution in [2.24, 2.45) is 100 Å². The maximum Gasteiger partial charge on any atom is 2.00 e. The number of aryl methyl sites for hydroxylation is 2. The number of fused-ring (bicyclic) bond motifs is 7. The van der Waals surface area contributed by atoms with Crippen molar-refractivity contribution in [2.45, 2.75) is 202 Å². The Morgan fingerprint density at radius 2 is 1.38 bits per heavy atom. The van der Waals surface area contributed by atoms with Crippen LogP contribution in [0.4, 0.5) is 4.79 Å². The summed E-state index contributed by atoms with van der Waals surface area (Å²) in [4.78, 5) is 141. The van der Waals surface area contributed by atoms with Gasteiger partial charge in [-0.2, -0.15) is 12.1 Å². The minimum Gasteiger partial charge on any atom is -0.756 e. The Balaban J connectivity index is 0.00000394. The topological polar surface area (TPSA) is 533 Å². The summed E-state index contributed by atoms with van der Waals surface area (Å²) in [5.41, 5.74) is 40.8. The number of imidazole rings is 1. The summed E-state index contributed by atoms with van der Waals surface area (Å²) in [6.07, 6.45) is -4.94. The number of nitrogens with zero attached hydrogens (tertiary/aromatic N) is 7. The van der Waals surface area contributed by atoms with Gasteiger partial charge in [0.15, 0.2) is 6.23 Å². The molecule has 8 bridgehead atoms. The molecule has 8 rings (SSSR count). The molecule has 1 aromatic heterocycles. The number of unbranched alkanes of at least 4 members (excludes halogenated alkanes) is 1. The van der Waals surface area contributed by atoms with Crippen molar-refractivity contribution in [1.29, 1.82) is 5.26 Å². The van der Waals surface area contributed by atoms with E-state index in [1.54, 1.807) is 13.8 Å². The van der Waals surface area contributed by atoms with Gasteiger partial charge in [0, 0.05) is 121 Å². The number of phosphoric acid groups is 1. The number of hydrogen-bond donors (Lipinski definition) is 10. The Labute approximate surface area is 662 Å². The average molecular weight is 1540 g/mol. The van der Waals surface area contributed by atoms with E-state index < -0.39 is 156 Å². The van der Waals surface area contributed by atoms with Crippen LogP contribution in [-0.2, 0) is 73.4 Å². The first kappa shape index (κ1) is 92.1. The van der Waals surface area contributed by atoms with Gasteiger partial charge in [-0.15, -0.1) is 0 Å². The average Bonchev–Trinajstić information content (AvgIpc) is 1.53. The maximum atomic E-state index is 14.5. The SMILES string of the molecule is [C-]#N.[CH2-]CCCNC(=O)OC[C@H]1O[C@H](n2cnc3cc(C)c(C)cc32)[C@H](O)[C@@H]1OP(=O)([O-])O[C@H](C)CNC(=O)CC[C@@]1(C)C2=N[C@H]([C@@H]1CC(N)=O)[C@]1(C)[N-]C(=C(C)C3=NC(=CC4=NC(=C2C)[C@@H](CCC(N)=O)C4(C)C)[C@@H](CCC(N)=O)[C@]3(C)CC(N)=O)[C@@H](CCC(N)=O)[C@]1(C)CC(N)=O.[CH2-]N.[CH3-].[Co+2].[K+]. The van der Waals surface area contributed by atoms with Crippen LogP contribution < -0.4 is 107 Å². The standard InChI is InChI=1S/C67H98N14O15P.CH4N.CN.CH3.Co.K/c1-13-14-23-74-62(90)93-31-45-57(56(89)61(94-45)81-32-76-43-24-33(2)34(3)25-44(43)81)96-97(91,92)95-35(4)30-75-53(88)21-22-64(9)41(26-50(71)85)60-67(12)66(11,29-52(73)87)40(17-20-49(70)84)55(80-67)37(6)59-65(10,28-51(72)86)38(15-18-47(68)82)42(77-59)27-46-63(7,8)39(16-19-48(69)83)54(78-46)36(5)58(64)79-60;2*1-2;;;/h24-25,27,32,35,38-41,45,56-57,60-61,89H,1,13-23,26,28-31H2,2-12H3,(H16,68,69,70,71,72,73,74,75,77,78,79,80,82,83,84,85,86,87,88,90,91,92);1-2H2;;1H3;;/q4*-1;+2;+1/p-2/t35-,38-,39-,40-,41+,45-,56-,57-,60-,61+,64-,65+,66+,67+;;;;;/m1...../s1. The fraction of sp³-hybridized carbons (Fsp3) is 0.600. The number of ether oxygens (including phenoxy) is 2. The van der Waals surface area contributed by atoms with Crippen molar-refractivity contribution in [3.63, 3.8) is 0 Å². The number of primary amides is 6. The molecule has 0 saturated carbocycles. The Hall–Kier alpha value is -6.10. The molecule has 34 heteroatoms. The smallest absolute Gasteiger partial charge is 0.756 e. The minimum atomic E-state index is -5.43. The molecule has 8 amide bonds. The number of nitrogens with two attached hydrogens (primary N) is 7. The van der Waals surface area contributed by atoms with Gasteiger partial charge < -0.3 is 115 Å². The van der Waals surface area contributed by atoms with Gasteiger partial charge in [0.2, 0.25) is 41.4 Å². The first-order valence-corrected chi connectivity index (χ1v) is 35.1. The van der Waals surface area contributed by atoms with E-state index in [4.69, 9.17) is 85.1 Å². The van der Waals surface area contributed by atoms with E-state index in [-0.39, 0.29) is 153 Å². The van der Waals surface area contributed by atoms with Gasteiger partial charge in [0.1, 0.15) is 24.9 Å². The van der Waals surface area contributed by atoms with Crippen LogP contribution in [0.3, 0.4) is 0 Å².